The van der Waals surface area contributed by atoms with E-state index in [1.54, 1.807) is 0 Å². The number of carbonyl (C=O) groups excluding carboxylic acids is 2. The summed E-state index contributed by atoms with van der Waals surface area (Å²) in [5, 5.41) is 10.4. The first-order chi connectivity index (χ1) is 12.2. The van der Waals surface area contributed by atoms with E-state index in [0.717, 1.165) is 62.1 Å². The first kappa shape index (κ1) is 17.6. The smallest absolute Gasteiger partial charge is 0.229 e. The fourth-order valence-electron chi connectivity index (χ4n) is 4.91. The number of aromatic nitrogens is 2. The molecule has 1 atom stereocenters. The summed E-state index contributed by atoms with van der Waals surface area (Å²) in [5.41, 5.74) is 3.05. The predicted octanol–water partition coefficient (Wildman–Crippen LogP) is 2.43. The summed E-state index contributed by atoms with van der Waals surface area (Å²) in [6, 6.07) is 0.297. The van der Waals surface area contributed by atoms with E-state index in [4.69, 9.17) is 0 Å². The third-order valence-electron chi connectivity index (χ3n) is 6.98. The van der Waals surface area contributed by atoms with Gasteiger partial charge in [-0.2, -0.15) is 5.10 Å². The van der Waals surface area contributed by atoms with Gasteiger partial charge in [-0.15, -0.1) is 0 Å². The number of hydrogen-bond acceptors (Lipinski definition) is 3. The van der Waals surface area contributed by atoms with E-state index in [1.165, 1.54) is 0 Å². The van der Waals surface area contributed by atoms with Crippen molar-refractivity contribution in [3.63, 3.8) is 0 Å². The van der Waals surface area contributed by atoms with Crippen LogP contribution in [0.15, 0.2) is 0 Å². The maximum absolute atomic E-state index is 13.0. The normalized spacial score (nSPS) is 30.2. The highest BCUT2D eigenvalue weighted by Gasteiger charge is 2.52. The van der Waals surface area contributed by atoms with Gasteiger partial charge in [0.1, 0.15) is 0 Å². The molecule has 4 rings (SSSR count). The molecular formula is C20H30N4O2. The van der Waals surface area contributed by atoms with Crippen molar-refractivity contribution >= 4 is 11.8 Å². The summed E-state index contributed by atoms with van der Waals surface area (Å²) in [7, 11) is 0. The number of carbonyl (C=O) groups is 2. The number of likely N-dealkylation sites (tertiary alicyclic amines) is 1. The highest BCUT2D eigenvalue weighted by Crippen LogP contribution is 2.50. The number of H-pyrrole nitrogens is 1. The van der Waals surface area contributed by atoms with Gasteiger partial charge in [-0.25, -0.2) is 0 Å². The van der Waals surface area contributed by atoms with Gasteiger partial charge in [0, 0.05) is 35.8 Å². The van der Waals surface area contributed by atoms with Crippen LogP contribution < -0.4 is 5.32 Å². The molecule has 6 heteroatoms. The SMILES string of the molecule is Cc1n[nH]c(C)c1C(C)C(=O)N1CCC2(CC(NC(=O)C3(C)CC3)C2)C1. The standard InChI is InChI=1S/C20H30N4O2/c1-12(16-13(2)22-23-14(16)3)17(25)24-8-7-20(11-24)9-15(10-20)21-18(26)19(4)5-6-19/h12,15H,5-11H2,1-4H3,(H,21,26)(H,22,23). The van der Waals surface area contributed by atoms with Crippen LogP contribution in [0, 0.1) is 24.7 Å². The molecule has 1 saturated heterocycles. The molecule has 3 aliphatic rings. The third kappa shape index (κ3) is 2.83. The molecule has 1 aromatic rings. The number of hydrogen-bond donors (Lipinski definition) is 2. The lowest BCUT2D eigenvalue weighted by Gasteiger charge is -2.45. The maximum atomic E-state index is 13.0. The van der Waals surface area contributed by atoms with Crippen LogP contribution in [-0.2, 0) is 9.59 Å². The second kappa shape index (κ2) is 5.83. The second-order valence-corrected chi connectivity index (χ2v) is 9.22. The molecule has 0 radical (unpaired) electrons. The van der Waals surface area contributed by atoms with Crippen LogP contribution in [0.25, 0.3) is 0 Å². The van der Waals surface area contributed by atoms with Crippen molar-refractivity contribution in [1.82, 2.24) is 20.4 Å². The Hall–Kier alpha value is -1.85. The summed E-state index contributed by atoms with van der Waals surface area (Å²) in [6.07, 6.45) is 5.11. The molecule has 1 aromatic heterocycles. The monoisotopic (exact) mass is 358 g/mol. The molecule has 2 heterocycles. The zero-order valence-electron chi connectivity index (χ0n) is 16.3. The van der Waals surface area contributed by atoms with E-state index in [-0.39, 0.29) is 28.6 Å². The lowest BCUT2D eigenvalue weighted by atomic mass is 9.65. The summed E-state index contributed by atoms with van der Waals surface area (Å²) < 4.78 is 0. The maximum Gasteiger partial charge on any atom is 0.229 e. The molecule has 1 unspecified atom stereocenters. The number of rotatable bonds is 4. The van der Waals surface area contributed by atoms with Gasteiger partial charge in [0.05, 0.1) is 11.6 Å². The zero-order chi connectivity index (χ0) is 18.7. The molecule has 2 aliphatic carbocycles. The van der Waals surface area contributed by atoms with Crippen LogP contribution in [0.4, 0.5) is 0 Å². The van der Waals surface area contributed by atoms with Crippen molar-refractivity contribution in [2.45, 2.75) is 71.8 Å². The van der Waals surface area contributed by atoms with Crippen LogP contribution in [-0.4, -0.2) is 46.0 Å². The van der Waals surface area contributed by atoms with Gasteiger partial charge in [-0.1, -0.05) is 6.92 Å². The molecule has 2 amide bonds. The molecule has 1 spiro atoms. The summed E-state index contributed by atoms with van der Waals surface area (Å²) in [6.45, 7) is 9.62. The molecule has 2 saturated carbocycles. The number of nitrogens with one attached hydrogen (secondary N) is 2. The second-order valence-electron chi connectivity index (χ2n) is 9.22. The predicted molar refractivity (Wildman–Crippen MR) is 98.6 cm³/mol. The van der Waals surface area contributed by atoms with Crippen LogP contribution in [0.5, 0.6) is 0 Å². The quantitative estimate of drug-likeness (QED) is 0.868. The number of aromatic amines is 1. The topological polar surface area (TPSA) is 78.1 Å². The van der Waals surface area contributed by atoms with Gasteiger partial charge in [0.15, 0.2) is 0 Å². The lowest BCUT2D eigenvalue weighted by Crippen LogP contribution is -2.53. The Balaban J connectivity index is 1.33. The number of amides is 2. The Bertz CT molecular complexity index is 723. The third-order valence-corrected chi connectivity index (χ3v) is 6.98. The largest absolute Gasteiger partial charge is 0.353 e. The Morgan fingerprint density at radius 3 is 2.54 bits per heavy atom. The van der Waals surface area contributed by atoms with Crippen molar-refractivity contribution < 1.29 is 9.59 Å². The van der Waals surface area contributed by atoms with Crippen molar-refractivity contribution in [3.05, 3.63) is 17.0 Å². The molecule has 6 nitrogen and oxygen atoms in total. The van der Waals surface area contributed by atoms with Crippen molar-refractivity contribution in [2.24, 2.45) is 10.8 Å². The van der Waals surface area contributed by atoms with Gasteiger partial charge in [0.2, 0.25) is 11.8 Å². The van der Waals surface area contributed by atoms with Crippen molar-refractivity contribution in [1.29, 1.82) is 0 Å². The fraction of sp³-hybridized carbons (Fsp3) is 0.750. The van der Waals surface area contributed by atoms with Gasteiger partial charge >= 0.3 is 0 Å². The van der Waals surface area contributed by atoms with Gasteiger partial charge in [-0.3, -0.25) is 14.7 Å². The number of aryl methyl sites for hydroxylation is 2. The Morgan fingerprint density at radius 2 is 1.96 bits per heavy atom. The van der Waals surface area contributed by atoms with Gasteiger partial charge in [0.25, 0.3) is 0 Å². The van der Waals surface area contributed by atoms with Crippen LogP contribution in [0.2, 0.25) is 0 Å². The Kier molecular flexibility index (Phi) is 3.93. The summed E-state index contributed by atoms with van der Waals surface area (Å²) in [4.78, 5) is 27.2. The average molecular weight is 358 g/mol. The lowest BCUT2D eigenvalue weighted by molar-refractivity contribution is -0.133. The molecule has 3 fully saturated rings. The van der Waals surface area contributed by atoms with E-state index in [2.05, 4.69) is 15.5 Å². The molecule has 0 bridgehead atoms. The minimum Gasteiger partial charge on any atom is -0.353 e. The van der Waals surface area contributed by atoms with E-state index in [9.17, 15) is 9.59 Å². The molecular weight excluding hydrogens is 328 g/mol. The first-order valence-corrected chi connectivity index (χ1v) is 9.84. The Morgan fingerprint density at radius 1 is 1.27 bits per heavy atom. The van der Waals surface area contributed by atoms with Crippen LogP contribution >= 0.6 is 0 Å². The van der Waals surface area contributed by atoms with E-state index < -0.39 is 0 Å². The minimum absolute atomic E-state index is 0.101. The highest BCUT2D eigenvalue weighted by atomic mass is 16.2. The van der Waals surface area contributed by atoms with E-state index in [0.29, 0.717) is 6.04 Å². The molecule has 142 valence electrons. The summed E-state index contributed by atoms with van der Waals surface area (Å²) in [5.74, 6) is 0.268. The highest BCUT2D eigenvalue weighted by molar-refractivity contribution is 5.85. The van der Waals surface area contributed by atoms with Crippen molar-refractivity contribution in [3.8, 4) is 0 Å². The molecule has 2 N–H and O–H groups in total. The minimum atomic E-state index is -0.158. The number of nitrogens with zero attached hydrogens (tertiary/aromatic N) is 2. The zero-order valence-corrected chi connectivity index (χ0v) is 16.3. The molecule has 1 aliphatic heterocycles. The first-order valence-electron chi connectivity index (χ1n) is 9.84. The van der Waals surface area contributed by atoms with Gasteiger partial charge < -0.3 is 10.2 Å². The fourth-order valence-corrected chi connectivity index (χ4v) is 4.91. The Labute approximate surface area is 155 Å². The van der Waals surface area contributed by atoms with Gasteiger partial charge in [-0.05, 0) is 58.3 Å². The van der Waals surface area contributed by atoms with Crippen molar-refractivity contribution in [2.75, 3.05) is 13.1 Å². The van der Waals surface area contributed by atoms with Crippen LogP contribution in [0.3, 0.4) is 0 Å². The molecule has 26 heavy (non-hydrogen) atoms. The van der Waals surface area contributed by atoms with E-state index >= 15 is 0 Å². The average Bonchev–Trinajstić information content (AvgIpc) is 3.02. The van der Waals surface area contributed by atoms with Crippen LogP contribution in [0.1, 0.15) is 68.8 Å². The molecule has 0 aromatic carbocycles. The summed E-state index contributed by atoms with van der Waals surface area (Å²) >= 11 is 0. The van der Waals surface area contributed by atoms with E-state index in [1.807, 2.05) is 32.6 Å².